The molecule has 1 amide bonds. The van der Waals surface area contributed by atoms with Crippen molar-refractivity contribution in [3.05, 3.63) is 12.2 Å². The molecule has 0 aliphatic heterocycles. The summed E-state index contributed by atoms with van der Waals surface area (Å²) in [6.45, 7) is 5.00. The molecule has 0 aromatic rings. The van der Waals surface area contributed by atoms with Gasteiger partial charge in [0.25, 0.3) is 0 Å². The zero-order valence-corrected chi connectivity index (χ0v) is 56.0. The first-order valence-corrected chi connectivity index (χ1v) is 37.9. The summed E-state index contributed by atoms with van der Waals surface area (Å²) in [7, 11) is 0. The van der Waals surface area contributed by atoms with Gasteiger partial charge in [0.15, 0.2) is 0 Å². The van der Waals surface area contributed by atoms with Crippen molar-refractivity contribution in [1.29, 1.82) is 0 Å². The van der Waals surface area contributed by atoms with E-state index >= 15 is 0 Å². The van der Waals surface area contributed by atoms with Crippen LogP contribution >= 0.6 is 0 Å². The number of carbonyl (C=O) groups is 2. The highest BCUT2D eigenvalue weighted by molar-refractivity contribution is 5.76. The lowest BCUT2D eigenvalue weighted by Gasteiger charge is -2.22. The molecule has 0 saturated heterocycles. The van der Waals surface area contributed by atoms with Crippen LogP contribution in [0.25, 0.3) is 0 Å². The Hall–Kier alpha value is -1.40. The van der Waals surface area contributed by atoms with Gasteiger partial charge in [0.2, 0.25) is 5.91 Å². The highest BCUT2D eigenvalue weighted by atomic mass is 16.5. The molecule has 488 valence electrons. The number of ether oxygens (including phenoxy) is 1. The van der Waals surface area contributed by atoms with Gasteiger partial charge in [-0.05, 0) is 51.4 Å². The molecule has 2 unspecified atom stereocenters. The van der Waals surface area contributed by atoms with Crippen LogP contribution in [-0.2, 0) is 14.3 Å². The maximum atomic E-state index is 12.6. The van der Waals surface area contributed by atoms with Crippen molar-refractivity contribution in [2.45, 2.75) is 450 Å². The molecule has 0 spiro atoms. The normalized spacial score (nSPS) is 12.5. The van der Waals surface area contributed by atoms with Gasteiger partial charge in [0.05, 0.1) is 25.4 Å². The van der Waals surface area contributed by atoms with E-state index in [1.165, 1.54) is 360 Å². The van der Waals surface area contributed by atoms with Crippen LogP contribution in [0, 0.1) is 0 Å². The van der Waals surface area contributed by atoms with Crippen LogP contribution < -0.4 is 5.32 Å². The van der Waals surface area contributed by atoms with Crippen LogP contribution in [0.5, 0.6) is 0 Å². The fourth-order valence-corrected chi connectivity index (χ4v) is 12.3. The fraction of sp³-hybridized carbons (Fsp3) is 0.947. The van der Waals surface area contributed by atoms with E-state index in [1.54, 1.807) is 0 Å². The van der Waals surface area contributed by atoms with E-state index in [2.05, 4.69) is 31.3 Å². The Morgan fingerprint density at radius 1 is 0.329 bits per heavy atom. The van der Waals surface area contributed by atoms with Gasteiger partial charge in [-0.25, -0.2) is 0 Å². The molecule has 0 bridgehead atoms. The van der Waals surface area contributed by atoms with E-state index in [0.29, 0.717) is 25.9 Å². The van der Waals surface area contributed by atoms with Crippen LogP contribution in [-0.4, -0.2) is 47.4 Å². The van der Waals surface area contributed by atoms with E-state index in [0.717, 1.165) is 44.9 Å². The van der Waals surface area contributed by atoms with Gasteiger partial charge in [-0.1, -0.05) is 386 Å². The molecule has 0 aliphatic carbocycles. The molecule has 0 rings (SSSR count). The largest absolute Gasteiger partial charge is 0.466 e. The Bertz CT molecular complexity index is 1240. The molecule has 0 saturated carbocycles. The number of aliphatic hydroxyl groups is 2. The number of aliphatic hydroxyl groups excluding tert-OH is 2. The second-order valence-electron chi connectivity index (χ2n) is 26.3. The molecule has 3 N–H and O–H groups in total. The van der Waals surface area contributed by atoms with E-state index in [4.69, 9.17) is 4.74 Å². The second kappa shape index (κ2) is 72.1. The molecule has 6 heteroatoms. The van der Waals surface area contributed by atoms with Crippen molar-refractivity contribution < 1.29 is 24.5 Å². The maximum Gasteiger partial charge on any atom is 0.305 e. The van der Waals surface area contributed by atoms with E-state index in [-0.39, 0.29) is 18.5 Å². The van der Waals surface area contributed by atoms with Gasteiger partial charge in [-0.2, -0.15) is 0 Å². The monoisotopic (exact) mass is 1160 g/mol. The Balaban J connectivity index is 3.34. The predicted octanol–water partition coefficient (Wildman–Crippen LogP) is 24.7. The van der Waals surface area contributed by atoms with Crippen molar-refractivity contribution in [2.24, 2.45) is 0 Å². The van der Waals surface area contributed by atoms with Gasteiger partial charge >= 0.3 is 5.97 Å². The first-order chi connectivity index (χ1) is 40.5. The maximum absolute atomic E-state index is 12.6. The van der Waals surface area contributed by atoms with Crippen molar-refractivity contribution >= 4 is 11.9 Å². The van der Waals surface area contributed by atoms with Crippen molar-refractivity contribution in [3.63, 3.8) is 0 Å². The van der Waals surface area contributed by atoms with Crippen LogP contribution in [0.1, 0.15) is 438 Å². The van der Waals surface area contributed by atoms with Gasteiger partial charge in [-0.15, -0.1) is 0 Å². The standard InChI is InChI=1S/C76H149NO5/c1-3-5-7-9-11-13-15-17-19-21-22-31-34-37-40-44-48-52-56-60-64-68-74(79)73(72-78)77-75(80)69-65-61-57-53-49-45-41-38-35-32-29-27-25-23-24-26-28-30-33-36-39-43-47-51-55-59-63-67-71-82-76(81)70-66-62-58-54-50-46-42-20-18-16-14-12-10-8-6-4-2/h20,42,73-74,78-79H,3-19,21-41,43-72H2,1-2H3,(H,77,80)/b42-20-. The third-order valence-electron chi connectivity index (χ3n) is 18.1. The summed E-state index contributed by atoms with van der Waals surface area (Å²) in [6, 6.07) is -0.539. The number of allylic oxidation sites excluding steroid dienone is 2. The molecule has 0 aromatic heterocycles. The summed E-state index contributed by atoms with van der Waals surface area (Å²) >= 11 is 0. The Kier molecular flexibility index (Phi) is 70.8. The zero-order chi connectivity index (χ0) is 59.2. The number of amides is 1. The summed E-state index contributed by atoms with van der Waals surface area (Å²) in [5.74, 6) is -0.0138. The molecule has 0 aromatic carbocycles. The number of esters is 1. The molecule has 6 nitrogen and oxygen atoms in total. The molecule has 0 fully saturated rings. The second-order valence-corrected chi connectivity index (χ2v) is 26.3. The highest BCUT2D eigenvalue weighted by Crippen LogP contribution is 2.20. The van der Waals surface area contributed by atoms with Crippen LogP contribution in [0.4, 0.5) is 0 Å². The Morgan fingerprint density at radius 2 is 0.573 bits per heavy atom. The molecule has 82 heavy (non-hydrogen) atoms. The molecular formula is C76H149NO5. The first kappa shape index (κ1) is 80.6. The average Bonchev–Trinajstić information content (AvgIpc) is 3.48. The number of rotatable bonds is 72. The van der Waals surface area contributed by atoms with Gasteiger partial charge in [0, 0.05) is 12.8 Å². The summed E-state index contributed by atoms with van der Waals surface area (Å²) < 4.78 is 5.50. The lowest BCUT2D eigenvalue weighted by atomic mass is 10.0. The van der Waals surface area contributed by atoms with Crippen LogP contribution in [0.3, 0.4) is 0 Å². The van der Waals surface area contributed by atoms with E-state index < -0.39 is 12.1 Å². The number of unbranched alkanes of at least 4 members (excludes halogenated alkanes) is 59. The molecule has 0 radical (unpaired) electrons. The van der Waals surface area contributed by atoms with Crippen molar-refractivity contribution in [1.82, 2.24) is 5.32 Å². The van der Waals surface area contributed by atoms with Crippen molar-refractivity contribution in [2.75, 3.05) is 13.2 Å². The van der Waals surface area contributed by atoms with Gasteiger partial charge in [-0.3, -0.25) is 9.59 Å². The Morgan fingerprint density at radius 3 is 0.866 bits per heavy atom. The van der Waals surface area contributed by atoms with Crippen LogP contribution in [0.15, 0.2) is 12.2 Å². The molecule has 0 aliphatic rings. The summed E-state index contributed by atoms with van der Waals surface area (Å²) in [4.78, 5) is 24.6. The lowest BCUT2D eigenvalue weighted by Crippen LogP contribution is -2.45. The number of carbonyl (C=O) groups excluding carboxylic acids is 2. The minimum absolute atomic E-state index is 0.0127. The van der Waals surface area contributed by atoms with Crippen molar-refractivity contribution in [3.8, 4) is 0 Å². The van der Waals surface area contributed by atoms with E-state index in [9.17, 15) is 19.8 Å². The van der Waals surface area contributed by atoms with E-state index in [1.807, 2.05) is 0 Å². The fourth-order valence-electron chi connectivity index (χ4n) is 12.3. The van der Waals surface area contributed by atoms with Gasteiger partial charge < -0.3 is 20.3 Å². The number of hydrogen-bond donors (Lipinski definition) is 3. The Labute approximate surface area is 514 Å². The molecule has 2 atom stereocenters. The van der Waals surface area contributed by atoms with Gasteiger partial charge in [0.1, 0.15) is 0 Å². The third kappa shape index (κ3) is 67.7. The molecule has 0 heterocycles. The van der Waals surface area contributed by atoms with Crippen LogP contribution in [0.2, 0.25) is 0 Å². The predicted molar refractivity (Wildman–Crippen MR) is 361 cm³/mol. The lowest BCUT2D eigenvalue weighted by molar-refractivity contribution is -0.143. The quantitative estimate of drug-likeness (QED) is 0.0320. The zero-order valence-electron chi connectivity index (χ0n) is 56.0. The minimum Gasteiger partial charge on any atom is -0.466 e. The number of hydrogen-bond acceptors (Lipinski definition) is 5. The molecular weight excluding hydrogens is 1010 g/mol. The summed E-state index contributed by atoms with van der Waals surface area (Å²) in [6.07, 6.45) is 90.0. The SMILES string of the molecule is CCCCCCCCC/C=C\CCCCCCCC(=O)OCCCCCCCCCCCCCCCCCCCCCCCCCCCCCCC(=O)NC(CO)C(O)CCCCCCCCCCCCCCCCCCCCCCC. The third-order valence-corrected chi connectivity index (χ3v) is 18.1. The minimum atomic E-state index is -0.663. The summed E-state index contributed by atoms with van der Waals surface area (Å²) in [5, 5.41) is 23.4. The topological polar surface area (TPSA) is 95.9 Å². The smallest absolute Gasteiger partial charge is 0.305 e. The summed E-state index contributed by atoms with van der Waals surface area (Å²) in [5.41, 5.74) is 0. The first-order valence-electron chi connectivity index (χ1n) is 37.9. The average molecular weight is 1160 g/mol. The number of nitrogens with one attached hydrogen (secondary N) is 1. The highest BCUT2D eigenvalue weighted by Gasteiger charge is 2.20.